The number of nitrogens with one attached hydrogen (secondary N) is 1. The number of ether oxygens (including phenoxy) is 1. The van der Waals surface area contributed by atoms with Crippen LogP contribution < -0.4 is 15.8 Å². The second-order valence-electron chi connectivity index (χ2n) is 4.33. The lowest BCUT2D eigenvalue weighted by Crippen LogP contribution is -2.34. The molecule has 1 atom stereocenters. The first-order chi connectivity index (χ1) is 9.60. The number of azide groups is 1. The molecule has 3 N–H and O–H groups in total. The van der Waals surface area contributed by atoms with E-state index in [4.69, 9.17) is 16.0 Å². The van der Waals surface area contributed by atoms with Crippen molar-refractivity contribution in [2.45, 2.75) is 19.4 Å². The molecule has 0 aliphatic rings. The van der Waals surface area contributed by atoms with Crippen LogP contribution in [0, 0.1) is 6.92 Å². The number of nitrogens with zero attached hydrogens (tertiary/aromatic N) is 3. The van der Waals surface area contributed by atoms with Gasteiger partial charge in [0.05, 0.1) is 7.11 Å². The van der Waals surface area contributed by atoms with Crippen LogP contribution >= 0.6 is 0 Å². The van der Waals surface area contributed by atoms with Gasteiger partial charge >= 0.3 is 0 Å². The molecule has 108 valence electrons. The number of aryl methyl sites for hydroxylation is 1. The zero-order valence-electron chi connectivity index (χ0n) is 11.7. The zero-order chi connectivity index (χ0) is 15.0. The minimum Gasteiger partial charge on any atom is -0.496 e. The Bertz CT molecular complexity index is 511. The number of primary amides is 1. The first kappa shape index (κ1) is 15.8. The number of rotatable bonds is 8. The highest BCUT2D eigenvalue weighted by atomic mass is 16.5. The van der Waals surface area contributed by atoms with Crippen molar-refractivity contribution in [2.75, 3.05) is 20.2 Å². The van der Waals surface area contributed by atoms with Crippen LogP contribution in [0.2, 0.25) is 0 Å². The summed E-state index contributed by atoms with van der Waals surface area (Å²) in [7, 11) is 1.60. The summed E-state index contributed by atoms with van der Waals surface area (Å²) in [5.41, 5.74) is 15.3. The van der Waals surface area contributed by atoms with E-state index < -0.39 is 11.9 Å². The van der Waals surface area contributed by atoms with Crippen molar-refractivity contribution in [1.82, 2.24) is 5.32 Å². The highest BCUT2D eigenvalue weighted by molar-refractivity contribution is 5.81. The van der Waals surface area contributed by atoms with Crippen molar-refractivity contribution in [3.8, 4) is 5.75 Å². The van der Waals surface area contributed by atoms with E-state index in [0.717, 1.165) is 16.9 Å². The molecule has 20 heavy (non-hydrogen) atoms. The molecule has 1 rings (SSSR count). The summed E-state index contributed by atoms with van der Waals surface area (Å²) in [6, 6.07) is 4.92. The molecule has 0 aliphatic carbocycles. The van der Waals surface area contributed by atoms with Gasteiger partial charge in [0.15, 0.2) is 0 Å². The number of carbonyl (C=O) groups excluding carboxylic acids is 1. The van der Waals surface area contributed by atoms with Crippen molar-refractivity contribution in [1.29, 1.82) is 0 Å². The maximum Gasteiger partial charge on any atom is 0.239 e. The molecule has 1 unspecified atom stereocenters. The van der Waals surface area contributed by atoms with Gasteiger partial charge in [-0.05, 0) is 42.6 Å². The maximum atomic E-state index is 11.5. The number of methoxy groups -OCH3 is 1. The van der Waals surface area contributed by atoms with Gasteiger partial charge in [0.2, 0.25) is 5.91 Å². The molecule has 1 aromatic rings. The van der Waals surface area contributed by atoms with Crippen LogP contribution in [0.15, 0.2) is 23.3 Å². The summed E-state index contributed by atoms with van der Waals surface area (Å²) in [4.78, 5) is 14.2. The van der Waals surface area contributed by atoms with Crippen molar-refractivity contribution in [2.24, 2.45) is 10.8 Å². The highest BCUT2D eigenvalue weighted by Gasteiger charge is 2.17. The fourth-order valence-electron chi connectivity index (χ4n) is 1.90. The molecule has 0 fully saturated rings. The number of benzene rings is 1. The van der Waals surface area contributed by atoms with Crippen molar-refractivity contribution >= 4 is 5.91 Å². The number of hydrogen-bond donors (Lipinski definition) is 2. The number of nitrogens with two attached hydrogens (primary N) is 1. The summed E-state index contributed by atoms with van der Waals surface area (Å²) in [5, 5.41) is 6.49. The van der Waals surface area contributed by atoms with Gasteiger partial charge in [0.25, 0.3) is 0 Å². The fraction of sp³-hybridized carbons (Fsp3) is 0.462. The minimum absolute atomic E-state index is 0.386. The van der Waals surface area contributed by atoms with Crippen LogP contribution in [0.25, 0.3) is 10.4 Å². The lowest BCUT2D eigenvalue weighted by Gasteiger charge is -2.17. The van der Waals surface area contributed by atoms with E-state index in [1.54, 1.807) is 7.11 Å². The first-order valence-corrected chi connectivity index (χ1v) is 6.28. The molecule has 0 heterocycles. The molecule has 0 radical (unpaired) electrons. The molecular weight excluding hydrogens is 258 g/mol. The monoisotopic (exact) mass is 277 g/mol. The van der Waals surface area contributed by atoms with Crippen LogP contribution in [-0.4, -0.2) is 26.1 Å². The second kappa shape index (κ2) is 8.04. The second-order valence-corrected chi connectivity index (χ2v) is 4.33. The summed E-state index contributed by atoms with van der Waals surface area (Å²) >= 11 is 0. The average molecular weight is 277 g/mol. The van der Waals surface area contributed by atoms with Gasteiger partial charge in [-0.1, -0.05) is 17.2 Å². The Labute approximate surface area is 117 Å². The Morgan fingerprint density at radius 2 is 2.35 bits per heavy atom. The Hall–Kier alpha value is -2.24. The lowest BCUT2D eigenvalue weighted by atomic mass is 10.0. The van der Waals surface area contributed by atoms with Gasteiger partial charge in [-0.2, -0.15) is 0 Å². The summed E-state index contributed by atoms with van der Waals surface area (Å²) < 4.78 is 5.18. The predicted octanol–water partition coefficient (Wildman–Crippen LogP) is 1.82. The van der Waals surface area contributed by atoms with E-state index in [2.05, 4.69) is 15.3 Å². The lowest BCUT2D eigenvalue weighted by molar-refractivity contribution is -0.120. The van der Waals surface area contributed by atoms with Crippen molar-refractivity contribution in [3.05, 3.63) is 39.8 Å². The first-order valence-electron chi connectivity index (χ1n) is 6.28. The molecule has 1 amide bonds. The van der Waals surface area contributed by atoms with E-state index in [0.29, 0.717) is 19.5 Å². The van der Waals surface area contributed by atoms with Gasteiger partial charge in [0, 0.05) is 11.5 Å². The number of carbonyl (C=O) groups is 1. The third-order valence-corrected chi connectivity index (χ3v) is 2.88. The number of amides is 1. The van der Waals surface area contributed by atoms with Crippen molar-refractivity contribution < 1.29 is 9.53 Å². The van der Waals surface area contributed by atoms with E-state index in [1.807, 2.05) is 25.1 Å². The summed E-state index contributed by atoms with van der Waals surface area (Å²) in [6.45, 7) is 2.83. The van der Waals surface area contributed by atoms with Crippen molar-refractivity contribution in [3.63, 3.8) is 0 Å². The SMILES string of the molecule is COc1ccc(C(NCCCN=[N+]=[N-])C(N)=O)cc1C. The van der Waals surface area contributed by atoms with Gasteiger partial charge in [0.1, 0.15) is 11.8 Å². The van der Waals surface area contributed by atoms with Crippen LogP contribution in [0.4, 0.5) is 0 Å². The number of hydrogen-bond acceptors (Lipinski definition) is 4. The van der Waals surface area contributed by atoms with Gasteiger partial charge in [-0.3, -0.25) is 4.79 Å². The standard InChI is InChI=1S/C13H19N5O2/c1-9-8-10(4-5-11(9)20-2)12(13(14)19)16-6-3-7-17-18-15/h4-5,8,12,16H,3,6-7H2,1-2H3,(H2,14,19). The van der Waals surface area contributed by atoms with Crippen LogP contribution in [0.1, 0.15) is 23.6 Å². The normalized spacial score (nSPS) is 11.5. The maximum absolute atomic E-state index is 11.5. The Morgan fingerprint density at radius 3 is 2.90 bits per heavy atom. The smallest absolute Gasteiger partial charge is 0.239 e. The predicted molar refractivity (Wildman–Crippen MR) is 76.3 cm³/mol. The molecule has 0 aliphatic heterocycles. The quantitative estimate of drug-likeness (QED) is 0.327. The Kier molecular flexibility index (Phi) is 6.36. The van der Waals surface area contributed by atoms with Gasteiger partial charge < -0.3 is 15.8 Å². The van der Waals surface area contributed by atoms with Gasteiger partial charge in [-0.25, -0.2) is 0 Å². The molecule has 1 aromatic carbocycles. The van der Waals surface area contributed by atoms with Crippen LogP contribution in [0.5, 0.6) is 5.75 Å². The minimum atomic E-state index is -0.564. The van der Waals surface area contributed by atoms with E-state index >= 15 is 0 Å². The highest BCUT2D eigenvalue weighted by Crippen LogP contribution is 2.22. The molecule has 7 nitrogen and oxygen atoms in total. The summed E-state index contributed by atoms with van der Waals surface area (Å²) in [5.74, 6) is 0.318. The van der Waals surface area contributed by atoms with E-state index in [1.165, 1.54) is 0 Å². The average Bonchev–Trinajstić information content (AvgIpc) is 2.42. The van der Waals surface area contributed by atoms with Gasteiger partial charge in [-0.15, -0.1) is 0 Å². The third kappa shape index (κ3) is 4.46. The van der Waals surface area contributed by atoms with Crippen LogP contribution in [0.3, 0.4) is 0 Å². The molecular formula is C13H19N5O2. The molecule has 0 aromatic heterocycles. The van der Waals surface area contributed by atoms with E-state index in [9.17, 15) is 4.79 Å². The van der Waals surface area contributed by atoms with E-state index in [-0.39, 0.29) is 0 Å². The van der Waals surface area contributed by atoms with Crippen LogP contribution in [-0.2, 0) is 4.79 Å². The fourth-order valence-corrected chi connectivity index (χ4v) is 1.90. The molecule has 0 saturated carbocycles. The molecule has 0 spiro atoms. The zero-order valence-corrected chi connectivity index (χ0v) is 11.7. The Morgan fingerprint density at radius 1 is 1.60 bits per heavy atom. The Balaban J connectivity index is 2.73. The molecule has 0 bridgehead atoms. The largest absolute Gasteiger partial charge is 0.496 e. The third-order valence-electron chi connectivity index (χ3n) is 2.88. The topological polar surface area (TPSA) is 113 Å². The summed E-state index contributed by atoms with van der Waals surface area (Å²) in [6.07, 6.45) is 0.642. The molecule has 0 saturated heterocycles. The molecule has 7 heteroatoms.